The van der Waals surface area contributed by atoms with Gasteiger partial charge in [-0.3, -0.25) is 0 Å². The number of hydrogen-bond acceptors (Lipinski definition) is 3. The summed E-state index contributed by atoms with van der Waals surface area (Å²) < 4.78 is 5.41. The second-order valence-electron chi connectivity index (χ2n) is 5.39. The van der Waals surface area contributed by atoms with Crippen molar-refractivity contribution in [1.82, 2.24) is 4.90 Å². The zero-order valence-electron chi connectivity index (χ0n) is 12.1. The number of hydrogen-bond donors (Lipinski definition) is 1. The molecule has 0 amide bonds. The van der Waals surface area contributed by atoms with Crippen LogP contribution in [0, 0.1) is 0 Å². The fourth-order valence-electron chi connectivity index (χ4n) is 2.60. The molecule has 0 atom stereocenters. The van der Waals surface area contributed by atoms with Gasteiger partial charge < -0.3 is 20.3 Å². The van der Waals surface area contributed by atoms with E-state index in [-0.39, 0.29) is 0 Å². The molecule has 0 aliphatic carbocycles. The van der Waals surface area contributed by atoms with Crippen molar-refractivity contribution in [3.63, 3.8) is 0 Å². The molecule has 1 aromatic carbocycles. The number of rotatable bonds is 3. The van der Waals surface area contributed by atoms with Gasteiger partial charge in [0.1, 0.15) is 0 Å². The molecule has 6 heteroatoms. The molecule has 2 N–H and O–H groups in total. The number of likely N-dealkylation sites (tertiary alicyclic amines) is 1. The monoisotopic (exact) mass is 308 g/mol. The Labute approximate surface area is 130 Å². The van der Waals surface area contributed by atoms with Crippen molar-refractivity contribution in [1.29, 1.82) is 0 Å². The minimum Gasteiger partial charge on any atom is -0.378 e. The van der Waals surface area contributed by atoms with Crippen LogP contribution in [0.4, 0.5) is 5.69 Å². The molecular formula is C15H21ClN4O. The molecule has 2 fully saturated rings. The van der Waals surface area contributed by atoms with Crippen LogP contribution in [0.3, 0.4) is 0 Å². The van der Waals surface area contributed by atoms with E-state index in [1.54, 1.807) is 0 Å². The zero-order valence-corrected chi connectivity index (χ0v) is 12.9. The molecule has 0 unspecified atom stereocenters. The lowest BCUT2D eigenvalue weighted by Crippen LogP contribution is -2.46. The molecule has 21 heavy (non-hydrogen) atoms. The predicted octanol–water partition coefficient (Wildman–Crippen LogP) is 1.70. The number of nitrogens with zero attached hydrogens (tertiary/aromatic N) is 3. The van der Waals surface area contributed by atoms with E-state index in [4.69, 9.17) is 22.1 Å². The number of nitrogens with two attached hydrogens (primary N) is 1. The van der Waals surface area contributed by atoms with Gasteiger partial charge >= 0.3 is 0 Å². The number of aliphatic imine (C=N–C) groups is 1. The third-order valence-electron chi connectivity index (χ3n) is 3.98. The molecule has 0 saturated carbocycles. The first-order valence-electron chi connectivity index (χ1n) is 7.40. The molecule has 5 nitrogen and oxygen atoms in total. The Morgan fingerprint density at radius 3 is 2.67 bits per heavy atom. The first-order chi connectivity index (χ1) is 10.2. The van der Waals surface area contributed by atoms with Crippen LogP contribution in [0.2, 0.25) is 5.02 Å². The quantitative estimate of drug-likeness (QED) is 0.682. The Balaban J connectivity index is 1.77. The highest BCUT2D eigenvalue weighted by atomic mass is 35.5. The van der Waals surface area contributed by atoms with Crippen molar-refractivity contribution in [3.05, 3.63) is 28.8 Å². The summed E-state index contributed by atoms with van der Waals surface area (Å²) in [6.45, 7) is 5.93. The summed E-state index contributed by atoms with van der Waals surface area (Å²) in [5, 5.41) is 0.736. The number of morpholine rings is 1. The van der Waals surface area contributed by atoms with Gasteiger partial charge in [0.2, 0.25) is 0 Å². The Bertz CT molecular complexity index is 524. The summed E-state index contributed by atoms with van der Waals surface area (Å²) in [5.74, 6) is 0.633. The van der Waals surface area contributed by atoms with Gasteiger partial charge in [0.25, 0.3) is 0 Å². The maximum absolute atomic E-state index is 6.14. The number of anilines is 1. The second-order valence-corrected chi connectivity index (χ2v) is 5.82. The van der Waals surface area contributed by atoms with Crippen molar-refractivity contribution in [3.8, 4) is 0 Å². The van der Waals surface area contributed by atoms with Crippen LogP contribution in [0.25, 0.3) is 0 Å². The van der Waals surface area contributed by atoms with Gasteiger partial charge in [-0.15, -0.1) is 0 Å². The highest BCUT2D eigenvalue weighted by molar-refractivity contribution is 6.30. The van der Waals surface area contributed by atoms with Crippen LogP contribution in [-0.2, 0) is 11.3 Å². The van der Waals surface area contributed by atoms with E-state index >= 15 is 0 Å². The van der Waals surface area contributed by atoms with Gasteiger partial charge in [0.05, 0.1) is 19.8 Å². The van der Waals surface area contributed by atoms with Crippen LogP contribution in [0.15, 0.2) is 23.2 Å². The highest BCUT2D eigenvalue weighted by Gasteiger charge is 2.17. The maximum atomic E-state index is 6.14. The van der Waals surface area contributed by atoms with E-state index in [0.29, 0.717) is 12.5 Å². The Kier molecular flexibility index (Phi) is 4.51. The summed E-state index contributed by atoms with van der Waals surface area (Å²) >= 11 is 6.14. The Hall–Kier alpha value is -1.46. The molecule has 0 aromatic heterocycles. The molecule has 2 saturated heterocycles. The number of halogens is 1. The van der Waals surface area contributed by atoms with E-state index in [0.717, 1.165) is 50.0 Å². The predicted molar refractivity (Wildman–Crippen MR) is 86.0 cm³/mol. The fourth-order valence-corrected chi connectivity index (χ4v) is 2.80. The summed E-state index contributed by atoms with van der Waals surface area (Å²) in [4.78, 5) is 8.94. The number of benzene rings is 1. The largest absolute Gasteiger partial charge is 0.378 e. The summed E-state index contributed by atoms with van der Waals surface area (Å²) in [6, 6.07) is 5.98. The van der Waals surface area contributed by atoms with Crippen LogP contribution in [0.5, 0.6) is 0 Å². The van der Waals surface area contributed by atoms with Gasteiger partial charge in [-0.1, -0.05) is 11.6 Å². The molecule has 0 radical (unpaired) electrons. The van der Waals surface area contributed by atoms with Gasteiger partial charge in [-0.05, 0) is 30.2 Å². The molecule has 0 bridgehead atoms. The summed E-state index contributed by atoms with van der Waals surface area (Å²) in [7, 11) is 0. The van der Waals surface area contributed by atoms with Gasteiger partial charge in [0.15, 0.2) is 5.96 Å². The van der Waals surface area contributed by atoms with E-state index in [1.807, 2.05) is 12.1 Å². The van der Waals surface area contributed by atoms with Crippen LogP contribution < -0.4 is 10.6 Å². The first-order valence-corrected chi connectivity index (χ1v) is 7.78. The molecule has 2 aliphatic rings. The normalized spacial score (nSPS) is 19.6. The maximum Gasteiger partial charge on any atom is 0.191 e. The molecule has 0 spiro atoms. The average molecular weight is 309 g/mol. The molecular weight excluding hydrogens is 288 g/mol. The Morgan fingerprint density at radius 1 is 1.24 bits per heavy atom. The molecule has 2 aliphatic heterocycles. The van der Waals surface area contributed by atoms with Crippen molar-refractivity contribution < 1.29 is 4.74 Å². The van der Waals surface area contributed by atoms with Gasteiger partial charge in [-0.25, -0.2) is 4.99 Å². The minimum absolute atomic E-state index is 0.565. The summed E-state index contributed by atoms with van der Waals surface area (Å²) in [5.41, 5.74) is 8.30. The zero-order chi connectivity index (χ0) is 14.7. The third-order valence-corrected chi connectivity index (χ3v) is 4.22. The Morgan fingerprint density at radius 2 is 2.00 bits per heavy atom. The van der Waals surface area contributed by atoms with E-state index in [2.05, 4.69) is 20.9 Å². The third kappa shape index (κ3) is 3.41. The average Bonchev–Trinajstić information content (AvgIpc) is 2.44. The lowest BCUT2D eigenvalue weighted by atomic mass is 10.1. The van der Waals surface area contributed by atoms with E-state index in [1.165, 1.54) is 12.1 Å². The van der Waals surface area contributed by atoms with Crippen LogP contribution >= 0.6 is 11.6 Å². The van der Waals surface area contributed by atoms with Crippen LogP contribution in [0.1, 0.15) is 12.0 Å². The minimum atomic E-state index is 0.565. The fraction of sp³-hybridized carbons (Fsp3) is 0.533. The molecule has 114 valence electrons. The summed E-state index contributed by atoms with van der Waals surface area (Å²) in [6.07, 6.45) is 1.20. The van der Waals surface area contributed by atoms with E-state index < -0.39 is 0 Å². The molecule has 1 aromatic rings. The lowest BCUT2D eigenvalue weighted by Gasteiger charge is -2.32. The van der Waals surface area contributed by atoms with Crippen molar-refractivity contribution in [2.24, 2.45) is 10.7 Å². The molecule has 3 rings (SSSR count). The number of ether oxygens (including phenoxy) is 1. The lowest BCUT2D eigenvalue weighted by molar-refractivity contribution is 0.122. The van der Waals surface area contributed by atoms with Crippen molar-refractivity contribution in [2.75, 3.05) is 44.3 Å². The van der Waals surface area contributed by atoms with Gasteiger partial charge in [0, 0.05) is 36.9 Å². The van der Waals surface area contributed by atoms with Crippen molar-refractivity contribution >= 4 is 23.2 Å². The van der Waals surface area contributed by atoms with Gasteiger partial charge in [-0.2, -0.15) is 0 Å². The molecule has 2 heterocycles. The van der Waals surface area contributed by atoms with Crippen molar-refractivity contribution in [2.45, 2.75) is 13.0 Å². The topological polar surface area (TPSA) is 54.1 Å². The van der Waals surface area contributed by atoms with Crippen LogP contribution in [-0.4, -0.2) is 50.3 Å². The first kappa shape index (κ1) is 14.5. The smallest absolute Gasteiger partial charge is 0.191 e. The standard InChI is InChI=1S/C15H21ClN4O/c16-13-2-3-14(19-6-8-21-9-7-19)12(10-13)11-18-15(17)20-4-1-5-20/h2-3,10H,1,4-9,11H2,(H2,17,18). The van der Waals surface area contributed by atoms with E-state index in [9.17, 15) is 0 Å². The number of guanidine groups is 1. The SMILES string of the molecule is NC(=NCc1cc(Cl)ccc1N1CCOCC1)N1CCC1. The second kappa shape index (κ2) is 6.54. The highest BCUT2D eigenvalue weighted by Crippen LogP contribution is 2.26.